The summed E-state index contributed by atoms with van der Waals surface area (Å²) in [5.74, 6) is 2.16. The van der Waals surface area contributed by atoms with Crippen LogP contribution < -0.4 is 9.47 Å². The topological polar surface area (TPSA) is 18.5 Å². The highest BCUT2D eigenvalue weighted by Gasteiger charge is 2.16. The molecule has 15 heavy (non-hydrogen) atoms. The van der Waals surface area contributed by atoms with E-state index in [2.05, 4.69) is 6.92 Å². The number of ether oxygens (including phenoxy) is 2. The summed E-state index contributed by atoms with van der Waals surface area (Å²) in [5, 5.41) is 0.592. The predicted octanol–water partition coefficient (Wildman–Crippen LogP) is 4.14. The summed E-state index contributed by atoms with van der Waals surface area (Å²) in [4.78, 5) is 0. The fraction of sp³-hybridized carbons (Fsp3) is 0.333. The Kier molecular flexibility index (Phi) is 3.17. The van der Waals surface area contributed by atoms with Gasteiger partial charge in [0.25, 0.3) is 0 Å². The monoisotopic (exact) mass is 224 g/mol. The Morgan fingerprint density at radius 3 is 3.00 bits per heavy atom. The van der Waals surface area contributed by atoms with Gasteiger partial charge in [-0.05, 0) is 18.6 Å². The number of unbranched alkanes of at least 4 members (excludes halogenated alkanes) is 1. The quantitative estimate of drug-likeness (QED) is 0.768. The highest BCUT2D eigenvalue weighted by molar-refractivity contribution is 6.32. The summed E-state index contributed by atoms with van der Waals surface area (Å²) in [7, 11) is 0. The molecule has 0 aliphatic carbocycles. The van der Waals surface area contributed by atoms with E-state index < -0.39 is 0 Å². The molecule has 0 unspecified atom stereocenters. The summed E-state index contributed by atoms with van der Waals surface area (Å²) >= 11 is 6.01. The van der Waals surface area contributed by atoms with Crippen molar-refractivity contribution in [3.63, 3.8) is 0 Å². The first kappa shape index (κ1) is 10.4. The van der Waals surface area contributed by atoms with Crippen LogP contribution in [0.2, 0.25) is 5.02 Å². The Morgan fingerprint density at radius 2 is 2.20 bits per heavy atom. The largest absolute Gasteiger partial charge is 0.457 e. The van der Waals surface area contributed by atoms with Crippen molar-refractivity contribution in [2.24, 2.45) is 0 Å². The molecule has 0 atom stereocenters. The molecule has 0 N–H and O–H groups in total. The van der Waals surface area contributed by atoms with Crippen LogP contribution in [0, 0.1) is 0 Å². The summed E-state index contributed by atoms with van der Waals surface area (Å²) < 4.78 is 11.1. The molecular weight excluding hydrogens is 212 g/mol. The van der Waals surface area contributed by atoms with E-state index in [1.807, 2.05) is 12.1 Å². The molecule has 0 bridgehead atoms. The lowest BCUT2D eigenvalue weighted by atomic mass is 10.2. The Balaban J connectivity index is 2.14. The molecule has 2 nitrogen and oxygen atoms in total. The molecule has 0 aromatic heterocycles. The highest BCUT2D eigenvalue weighted by atomic mass is 35.5. The van der Waals surface area contributed by atoms with E-state index in [1.165, 1.54) is 0 Å². The van der Waals surface area contributed by atoms with Crippen molar-refractivity contribution in [2.45, 2.75) is 26.2 Å². The van der Waals surface area contributed by atoms with Crippen LogP contribution in [0.5, 0.6) is 11.5 Å². The predicted molar refractivity (Wildman–Crippen MR) is 60.3 cm³/mol. The fourth-order valence-electron chi connectivity index (χ4n) is 1.43. The van der Waals surface area contributed by atoms with Crippen LogP contribution in [0.4, 0.5) is 0 Å². The number of fused-ring (bicyclic) bond motifs is 1. The van der Waals surface area contributed by atoms with Gasteiger partial charge in [-0.1, -0.05) is 31.0 Å². The van der Waals surface area contributed by atoms with Gasteiger partial charge in [-0.3, -0.25) is 0 Å². The molecule has 1 aromatic carbocycles. The van der Waals surface area contributed by atoms with Crippen LogP contribution >= 0.6 is 11.6 Å². The first-order chi connectivity index (χ1) is 7.31. The zero-order valence-electron chi connectivity index (χ0n) is 8.63. The molecule has 2 rings (SSSR count). The van der Waals surface area contributed by atoms with Crippen LogP contribution in [-0.4, -0.2) is 0 Å². The molecule has 1 heterocycles. The van der Waals surface area contributed by atoms with E-state index in [0.29, 0.717) is 16.5 Å². The van der Waals surface area contributed by atoms with Crippen LogP contribution in [0.25, 0.3) is 0 Å². The van der Waals surface area contributed by atoms with E-state index in [1.54, 1.807) is 12.3 Å². The molecule has 0 radical (unpaired) electrons. The zero-order chi connectivity index (χ0) is 10.7. The molecule has 1 aliphatic rings. The smallest absolute Gasteiger partial charge is 0.188 e. The SMILES string of the molecule is CCCCC1=COc2cccc(Cl)c2O1. The van der Waals surface area contributed by atoms with Gasteiger partial charge in [0, 0.05) is 6.42 Å². The maximum atomic E-state index is 6.01. The van der Waals surface area contributed by atoms with Gasteiger partial charge < -0.3 is 9.47 Å². The molecule has 0 amide bonds. The van der Waals surface area contributed by atoms with Crippen molar-refractivity contribution < 1.29 is 9.47 Å². The number of rotatable bonds is 3. The van der Waals surface area contributed by atoms with Crippen LogP contribution in [-0.2, 0) is 0 Å². The van der Waals surface area contributed by atoms with E-state index in [9.17, 15) is 0 Å². The lowest BCUT2D eigenvalue weighted by molar-refractivity contribution is 0.310. The lowest BCUT2D eigenvalue weighted by Crippen LogP contribution is -2.05. The van der Waals surface area contributed by atoms with Gasteiger partial charge in [0.1, 0.15) is 12.0 Å². The Morgan fingerprint density at radius 1 is 1.33 bits per heavy atom. The fourth-order valence-corrected chi connectivity index (χ4v) is 1.63. The van der Waals surface area contributed by atoms with Crippen LogP contribution in [0.15, 0.2) is 30.2 Å². The minimum absolute atomic E-state index is 0.592. The number of hydrogen-bond acceptors (Lipinski definition) is 2. The third-order valence-corrected chi connectivity index (χ3v) is 2.56. The maximum Gasteiger partial charge on any atom is 0.188 e. The lowest BCUT2D eigenvalue weighted by Gasteiger charge is -2.18. The number of benzene rings is 1. The summed E-state index contributed by atoms with van der Waals surface area (Å²) in [5.41, 5.74) is 0. The van der Waals surface area contributed by atoms with Gasteiger partial charge in [-0.15, -0.1) is 0 Å². The van der Waals surface area contributed by atoms with Crippen molar-refractivity contribution in [3.05, 3.63) is 35.2 Å². The van der Waals surface area contributed by atoms with Gasteiger partial charge in [0.15, 0.2) is 11.5 Å². The molecule has 0 saturated heterocycles. The zero-order valence-corrected chi connectivity index (χ0v) is 9.38. The van der Waals surface area contributed by atoms with Crippen molar-refractivity contribution in [1.82, 2.24) is 0 Å². The minimum Gasteiger partial charge on any atom is -0.457 e. The van der Waals surface area contributed by atoms with E-state index in [-0.39, 0.29) is 0 Å². The van der Waals surface area contributed by atoms with Crippen molar-refractivity contribution >= 4 is 11.6 Å². The Labute approximate surface area is 94.5 Å². The molecule has 0 fully saturated rings. The third kappa shape index (κ3) is 2.26. The second-order valence-corrected chi connectivity index (χ2v) is 3.88. The number of halogens is 1. The van der Waals surface area contributed by atoms with Crippen LogP contribution in [0.3, 0.4) is 0 Å². The summed E-state index contributed by atoms with van der Waals surface area (Å²) in [6.07, 6.45) is 4.78. The van der Waals surface area contributed by atoms with Crippen molar-refractivity contribution in [3.8, 4) is 11.5 Å². The first-order valence-corrected chi connectivity index (χ1v) is 5.51. The summed E-state index contributed by atoms with van der Waals surface area (Å²) in [6, 6.07) is 5.48. The third-order valence-electron chi connectivity index (χ3n) is 2.26. The maximum absolute atomic E-state index is 6.01. The summed E-state index contributed by atoms with van der Waals surface area (Å²) in [6.45, 7) is 2.14. The molecule has 1 aromatic rings. The molecular formula is C12H13ClO2. The first-order valence-electron chi connectivity index (χ1n) is 5.13. The van der Waals surface area contributed by atoms with Gasteiger partial charge in [0.2, 0.25) is 0 Å². The van der Waals surface area contributed by atoms with Crippen molar-refractivity contribution in [2.75, 3.05) is 0 Å². The van der Waals surface area contributed by atoms with E-state index in [0.717, 1.165) is 25.0 Å². The number of hydrogen-bond donors (Lipinski definition) is 0. The molecule has 0 spiro atoms. The van der Waals surface area contributed by atoms with E-state index >= 15 is 0 Å². The van der Waals surface area contributed by atoms with Gasteiger partial charge >= 0.3 is 0 Å². The molecule has 80 valence electrons. The molecule has 0 saturated carbocycles. The second kappa shape index (κ2) is 4.58. The number of allylic oxidation sites excluding steroid dienone is 1. The van der Waals surface area contributed by atoms with Gasteiger partial charge in [0.05, 0.1) is 5.02 Å². The van der Waals surface area contributed by atoms with E-state index in [4.69, 9.17) is 21.1 Å². The van der Waals surface area contributed by atoms with Gasteiger partial charge in [-0.25, -0.2) is 0 Å². The molecule has 3 heteroatoms. The normalized spacial score (nSPS) is 13.6. The standard InChI is InChI=1S/C12H13ClO2/c1-2-3-5-9-8-14-11-7-4-6-10(13)12(11)15-9/h4,6-8H,2-3,5H2,1H3. The van der Waals surface area contributed by atoms with Gasteiger partial charge in [-0.2, -0.15) is 0 Å². The average molecular weight is 225 g/mol. The second-order valence-electron chi connectivity index (χ2n) is 3.47. The van der Waals surface area contributed by atoms with Crippen LogP contribution in [0.1, 0.15) is 26.2 Å². The average Bonchev–Trinajstić information content (AvgIpc) is 2.27. The van der Waals surface area contributed by atoms with Crippen molar-refractivity contribution in [1.29, 1.82) is 0 Å². The Hall–Kier alpha value is -1.15. The minimum atomic E-state index is 0.592. The molecule has 1 aliphatic heterocycles. The highest BCUT2D eigenvalue weighted by Crippen LogP contribution is 2.39. The Bertz CT molecular complexity index is 385. The number of para-hydroxylation sites is 1.